The number of methoxy groups -OCH3 is 3. The maximum Gasteiger partial charge on any atom is 0.271 e. The molecule has 27 heavy (non-hydrogen) atoms. The lowest BCUT2D eigenvalue weighted by Gasteiger charge is -2.20. The number of rotatable bonds is 7. The van der Waals surface area contributed by atoms with Crippen LogP contribution in [0.1, 0.15) is 39.8 Å². The first-order chi connectivity index (χ1) is 13.2. The lowest BCUT2D eigenvalue weighted by molar-refractivity contribution is 0.0946. The predicted molar refractivity (Wildman–Crippen MR) is 104 cm³/mol. The molecular formula is C19H25N3O4S. The zero-order chi connectivity index (χ0) is 19.2. The van der Waals surface area contributed by atoms with Crippen molar-refractivity contribution < 1.29 is 19.0 Å². The summed E-state index contributed by atoms with van der Waals surface area (Å²) >= 11 is 1.55. The molecule has 1 aliphatic heterocycles. The van der Waals surface area contributed by atoms with Gasteiger partial charge in [0.1, 0.15) is 5.69 Å². The Morgan fingerprint density at radius 3 is 2.59 bits per heavy atom. The normalized spacial score (nSPS) is 16.6. The van der Waals surface area contributed by atoms with E-state index in [0.717, 1.165) is 36.5 Å². The maximum absolute atomic E-state index is 12.5. The average Bonchev–Trinajstić information content (AvgIpc) is 3.22. The third-order valence-corrected chi connectivity index (χ3v) is 5.59. The summed E-state index contributed by atoms with van der Waals surface area (Å²) in [5.74, 6) is 1.86. The van der Waals surface area contributed by atoms with Gasteiger partial charge in [-0.05, 0) is 37.1 Å². The molecule has 0 aliphatic carbocycles. The Morgan fingerprint density at radius 1 is 1.26 bits per heavy atom. The van der Waals surface area contributed by atoms with Crippen LogP contribution in [0, 0.1) is 0 Å². The van der Waals surface area contributed by atoms with Crippen molar-refractivity contribution in [1.29, 1.82) is 0 Å². The molecule has 1 aromatic heterocycles. The van der Waals surface area contributed by atoms with Gasteiger partial charge in [-0.25, -0.2) is 4.98 Å². The zero-order valence-electron chi connectivity index (χ0n) is 15.8. The summed E-state index contributed by atoms with van der Waals surface area (Å²) in [4.78, 5) is 17.0. The first-order valence-electron chi connectivity index (χ1n) is 8.89. The molecule has 1 aliphatic rings. The monoisotopic (exact) mass is 391 g/mol. The van der Waals surface area contributed by atoms with E-state index in [0.29, 0.717) is 35.4 Å². The van der Waals surface area contributed by atoms with Crippen LogP contribution in [-0.2, 0) is 6.54 Å². The molecule has 2 N–H and O–H groups in total. The Bertz CT molecular complexity index is 762. The number of thiazole rings is 1. The van der Waals surface area contributed by atoms with Gasteiger partial charge < -0.3 is 24.8 Å². The van der Waals surface area contributed by atoms with Crippen molar-refractivity contribution in [3.05, 3.63) is 33.8 Å². The lowest BCUT2D eigenvalue weighted by Crippen LogP contribution is -2.28. The van der Waals surface area contributed by atoms with Gasteiger partial charge in [-0.2, -0.15) is 0 Å². The van der Waals surface area contributed by atoms with Crippen LogP contribution in [0.3, 0.4) is 0 Å². The first-order valence-corrected chi connectivity index (χ1v) is 9.77. The van der Waals surface area contributed by atoms with Crippen LogP contribution in [0.4, 0.5) is 0 Å². The molecule has 0 saturated carbocycles. The molecule has 0 bridgehead atoms. The predicted octanol–water partition coefficient (Wildman–Crippen LogP) is 2.57. The van der Waals surface area contributed by atoms with Crippen LogP contribution in [0.25, 0.3) is 0 Å². The molecule has 1 fully saturated rings. The molecule has 3 rings (SSSR count). The summed E-state index contributed by atoms with van der Waals surface area (Å²) in [6.45, 7) is 2.33. The second kappa shape index (κ2) is 9.05. The first kappa shape index (κ1) is 19.4. The fourth-order valence-electron chi connectivity index (χ4n) is 3.15. The molecule has 1 atom stereocenters. The summed E-state index contributed by atoms with van der Waals surface area (Å²) in [6.07, 6.45) is 2.26. The maximum atomic E-state index is 12.5. The second-order valence-electron chi connectivity index (χ2n) is 6.33. The summed E-state index contributed by atoms with van der Waals surface area (Å²) in [7, 11) is 4.69. The summed E-state index contributed by atoms with van der Waals surface area (Å²) in [5, 5.41) is 9.15. The zero-order valence-corrected chi connectivity index (χ0v) is 16.6. The van der Waals surface area contributed by atoms with Crippen LogP contribution >= 0.6 is 11.3 Å². The van der Waals surface area contributed by atoms with E-state index in [1.807, 2.05) is 17.5 Å². The van der Waals surface area contributed by atoms with Crippen molar-refractivity contribution in [1.82, 2.24) is 15.6 Å². The van der Waals surface area contributed by atoms with Crippen LogP contribution in [0.15, 0.2) is 17.5 Å². The number of nitrogens with zero attached hydrogens (tertiary/aromatic N) is 1. The van der Waals surface area contributed by atoms with Gasteiger partial charge >= 0.3 is 0 Å². The molecule has 1 saturated heterocycles. The minimum absolute atomic E-state index is 0.185. The number of nitrogens with one attached hydrogen (secondary N) is 2. The van der Waals surface area contributed by atoms with Crippen molar-refractivity contribution >= 4 is 17.2 Å². The number of ether oxygens (including phenoxy) is 3. The molecular weight excluding hydrogens is 366 g/mol. The number of hydrogen-bond acceptors (Lipinski definition) is 7. The van der Waals surface area contributed by atoms with Gasteiger partial charge in [0, 0.05) is 24.4 Å². The minimum Gasteiger partial charge on any atom is -0.493 e. The lowest BCUT2D eigenvalue weighted by atomic mass is 10.0. The van der Waals surface area contributed by atoms with Gasteiger partial charge in [-0.1, -0.05) is 0 Å². The SMILES string of the molecule is COc1cc(CNC(=O)c2csc(C3CCCNC3)n2)cc(OC)c1OC. The minimum atomic E-state index is -0.185. The van der Waals surface area contributed by atoms with Gasteiger partial charge in [-0.15, -0.1) is 11.3 Å². The highest BCUT2D eigenvalue weighted by atomic mass is 32.1. The molecule has 0 radical (unpaired) electrons. The molecule has 146 valence electrons. The van der Waals surface area contributed by atoms with E-state index >= 15 is 0 Å². The van der Waals surface area contributed by atoms with E-state index in [2.05, 4.69) is 15.6 Å². The highest BCUT2D eigenvalue weighted by Gasteiger charge is 2.20. The molecule has 2 aromatic rings. The van der Waals surface area contributed by atoms with E-state index in [9.17, 15) is 4.79 Å². The third-order valence-electron chi connectivity index (χ3n) is 4.58. The van der Waals surface area contributed by atoms with Crippen LogP contribution in [0.5, 0.6) is 17.2 Å². The van der Waals surface area contributed by atoms with Crippen molar-refractivity contribution in [2.75, 3.05) is 34.4 Å². The van der Waals surface area contributed by atoms with Crippen molar-refractivity contribution in [2.45, 2.75) is 25.3 Å². The molecule has 1 aromatic carbocycles. The molecule has 1 unspecified atom stereocenters. The second-order valence-corrected chi connectivity index (χ2v) is 7.22. The van der Waals surface area contributed by atoms with Gasteiger partial charge in [0.15, 0.2) is 11.5 Å². The van der Waals surface area contributed by atoms with E-state index < -0.39 is 0 Å². The average molecular weight is 391 g/mol. The smallest absolute Gasteiger partial charge is 0.271 e. The summed E-state index contributed by atoms with van der Waals surface area (Å²) in [6, 6.07) is 3.64. The van der Waals surface area contributed by atoms with Crippen molar-refractivity contribution in [3.8, 4) is 17.2 Å². The van der Waals surface area contributed by atoms with Crippen molar-refractivity contribution in [2.24, 2.45) is 0 Å². The summed E-state index contributed by atoms with van der Waals surface area (Å²) < 4.78 is 16.0. The third kappa shape index (κ3) is 4.51. The van der Waals surface area contributed by atoms with E-state index in [1.54, 1.807) is 32.7 Å². The Kier molecular flexibility index (Phi) is 6.52. The van der Waals surface area contributed by atoms with Gasteiger partial charge in [0.05, 0.1) is 26.3 Å². The Labute approximate surface area is 163 Å². The molecule has 8 heteroatoms. The van der Waals surface area contributed by atoms with Crippen LogP contribution in [0.2, 0.25) is 0 Å². The molecule has 0 spiro atoms. The number of benzene rings is 1. The molecule has 2 heterocycles. The largest absolute Gasteiger partial charge is 0.493 e. The number of aromatic nitrogens is 1. The quantitative estimate of drug-likeness (QED) is 0.755. The number of carbonyl (C=O) groups excluding carboxylic acids is 1. The van der Waals surface area contributed by atoms with E-state index in [-0.39, 0.29) is 5.91 Å². The number of piperidine rings is 1. The highest BCUT2D eigenvalue weighted by Crippen LogP contribution is 2.38. The number of amides is 1. The summed E-state index contributed by atoms with van der Waals surface area (Å²) in [5.41, 5.74) is 1.32. The van der Waals surface area contributed by atoms with E-state index in [4.69, 9.17) is 14.2 Å². The van der Waals surface area contributed by atoms with Gasteiger partial charge in [0.2, 0.25) is 5.75 Å². The number of carbonyl (C=O) groups is 1. The van der Waals surface area contributed by atoms with Crippen molar-refractivity contribution in [3.63, 3.8) is 0 Å². The fraction of sp³-hybridized carbons (Fsp3) is 0.474. The molecule has 7 nitrogen and oxygen atoms in total. The number of hydrogen-bond donors (Lipinski definition) is 2. The Morgan fingerprint density at radius 2 is 2.00 bits per heavy atom. The Balaban J connectivity index is 1.66. The fourth-order valence-corrected chi connectivity index (χ4v) is 4.09. The van der Waals surface area contributed by atoms with Gasteiger partial charge in [0.25, 0.3) is 5.91 Å². The van der Waals surface area contributed by atoms with Gasteiger partial charge in [-0.3, -0.25) is 4.79 Å². The van der Waals surface area contributed by atoms with Crippen LogP contribution in [-0.4, -0.2) is 45.3 Å². The topological polar surface area (TPSA) is 81.7 Å². The van der Waals surface area contributed by atoms with E-state index in [1.165, 1.54) is 0 Å². The molecule has 1 amide bonds. The van der Waals surface area contributed by atoms with Crippen LogP contribution < -0.4 is 24.8 Å². The standard InChI is InChI=1S/C19H25N3O4S/c1-24-15-7-12(8-16(25-2)17(15)26-3)9-21-18(23)14-11-27-19(22-14)13-5-4-6-20-10-13/h7-8,11,13,20H,4-6,9-10H2,1-3H3,(H,21,23). The highest BCUT2D eigenvalue weighted by molar-refractivity contribution is 7.09. The Hall–Kier alpha value is -2.32.